The van der Waals surface area contributed by atoms with Gasteiger partial charge in [0.05, 0.1) is 5.39 Å². The molecule has 2 aromatic heterocycles. The largest absolute Gasteiger partial charge is 0.367 e. The Bertz CT molecular complexity index is 889. The standard InChI is InChI=1S/C21H23N3S/c1-13(17-10-14-7-8-16(17)9-14)24-20-19-18(15-5-3-2-4-6-15)11-25-21(19)23-12-22-20/h2-6,11-14,16-17H,7-10H2,1H3,(H,22,23,24)/t13-,14-,16-,17+/m0/s1. The fourth-order valence-electron chi connectivity index (χ4n) is 5.04. The predicted molar refractivity (Wildman–Crippen MR) is 105 cm³/mol. The van der Waals surface area contributed by atoms with Crippen molar-refractivity contribution in [1.29, 1.82) is 0 Å². The maximum absolute atomic E-state index is 4.62. The fraction of sp³-hybridized carbons (Fsp3) is 0.429. The quantitative estimate of drug-likeness (QED) is 0.667. The van der Waals surface area contributed by atoms with Crippen molar-refractivity contribution in [3.05, 3.63) is 42.0 Å². The second-order valence-corrected chi connectivity index (χ2v) is 8.55. The van der Waals surface area contributed by atoms with E-state index in [0.717, 1.165) is 28.4 Å². The van der Waals surface area contributed by atoms with Gasteiger partial charge in [0.25, 0.3) is 0 Å². The summed E-state index contributed by atoms with van der Waals surface area (Å²) in [6.07, 6.45) is 7.41. The Morgan fingerprint density at radius 3 is 2.76 bits per heavy atom. The van der Waals surface area contributed by atoms with E-state index >= 15 is 0 Å². The summed E-state index contributed by atoms with van der Waals surface area (Å²) in [6.45, 7) is 2.34. The van der Waals surface area contributed by atoms with Gasteiger partial charge in [0.1, 0.15) is 17.0 Å². The fourth-order valence-corrected chi connectivity index (χ4v) is 5.96. The van der Waals surface area contributed by atoms with E-state index in [-0.39, 0.29) is 0 Å². The molecule has 25 heavy (non-hydrogen) atoms. The molecule has 1 aromatic carbocycles. The number of thiophene rings is 1. The molecule has 1 N–H and O–H groups in total. The first-order chi connectivity index (χ1) is 12.3. The van der Waals surface area contributed by atoms with Crippen LogP contribution in [0.15, 0.2) is 42.0 Å². The normalized spacial score (nSPS) is 26.2. The van der Waals surface area contributed by atoms with Crippen molar-refractivity contribution in [3.63, 3.8) is 0 Å². The molecule has 5 rings (SSSR count). The molecule has 0 amide bonds. The molecule has 128 valence electrons. The first-order valence-corrected chi connectivity index (χ1v) is 10.2. The number of benzene rings is 1. The Morgan fingerprint density at radius 1 is 1.12 bits per heavy atom. The summed E-state index contributed by atoms with van der Waals surface area (Å²) in [6, 6.07) is 11.0. The number of fused-ring (bicyclic) bond motifs is 3. The van der Waals surface area contributed by atoms with Gasteiger partial charge in [0.15, 0.2) is 0 Å². The molecule has 4 atom stereocenters. The molecule has 2 heterocycles. The van der Waals surface area contributed by atoms with Crippen molar-refractivity contribution < 1.29 is 0 Å². The lowest BCUT2D eigenvalue weighted by Crippen LogP contribution is -2.30. The van der Waals surface area contributed by atoms with E-state index in [2.05, 4.69) is 57.9 Å². The second-order valence-electron chi connectivity index (χ2n) is 7.69. The van der Waals surface area contributed by atoms with E-state index in [0.29, 0.717) is 6.04 Å². The van der Waals surface area contributed by atoms with Crippen LogP contribution < -0.4 is 5.32 Å². The highest BCUT2D eigenvalue weighted by Gasteiger charge is 2.41. The Balaban J connectivity index is 1.50. The Morgan fingerprint density at radius 2 is 2.00 bits per heavy atom. The first-order valence-electron chi connectivity index (χ1n) is 9.33. The van der Waals surface area contributed by atoms with Crippen LogP contribution in [0.5, 0.6) is 0 Å². The molecule has 0 radical (unpaired) electrons. The van der Waals surface area contributed by atoms with Gasteiger partial charge in [-0.25, -0.2) is 9.97 Å². The molecular weight excluding hydrogens is 326 g/mol. The zero-order valence-electron chi connectivity index (χ0n) is 14.5. The zero-order valence-corrected chi connectivity index (χ0v) is 15.3. The molecular formula is C21H23N3S. The van der Waals surface area contributed by atoms with Gasteiger partial charge in [-0.2, -0.15) is 0 Å². The van der Waals surface area contributed by atoms with Gasteiger partial charge in [0.2, 0.25) is 0 Å². The van der Waals surface area contributed by atoms with Crippen molar-refractivity contribution in [2.24, 2.45) is 17.8 Å². The predicted octanol–water partition coefficient (Wildman–Crippen LogP) is 5.59. The van der Waals surface area contributed by atoms with Gasteiger partial charge in [-0.1, -0.05) is 36.8 Å². The van der Waals surface area contributed by atoms with Crippen LogP contribution in [-0.2, 0) is 0 Å². The van der Waals surface area contributed by atoms with Crippen LogP contribution in [0.25, 0.3) is 21.3 Å². The van der Waals surface area contributed by atoms with E-state index in [1.165, 1.54) is 42.2 Å². The molecule has 2 saturated carbocycles. The number of aromatic nitrogens is 2. The van der Waals surface area contributed by atoms with Gasteiger partial charge >= 0.3 is 0 Å². The lowest BCUT2D eigenvalue weighted by Gasteiger charge is -2.29. The molecule has 4 heteroatoms. The van der Waals surface area contributed by atoms with Gasteiger partial charge in [-0.05, 0) is 49.5 Å². The molecule has 2 fully saturated rings. The first kappa shape index (κ1) is 15.3. The number of nitrogens with one attached hydrogen (secondary N) is 1. The molecule has 0 unspecified atom stereocenters. The summed E-state index contributed by atoms with van der Waals surface area (Å²) < 4.78 is 0. The lowest BCUT2D eigenvalue weighted by atomic mass is 9.84. The summed E-state index contributed by atoms with van der Waals surface area (Å²) in [5, 5.41) is 7.15. The summed E-state index contributed by atoms with van der Waals surface area (Å²) in [5.74, 6) is 3.69. The third-order valence-corrected chi connectivity index (χ3v) is 7.14. The Kier molecular flexibility index (Phi) is 3.74. The Hall–Kier alpha value is -1.94. The molecule has 0 saturated heterocycles. The van der Waals surface area contributed by atoms with Gasteiger partial charge in [0, 0.05) is 17.0 Å². The third kappa shape index (κ3) is 2.63. The zero-order chi connectivity index (χ0) is 16.8. The molecule has 2 aliphatic carbocycles. The van der Waals surface area contributed by atoms with Gasteiger partial charge in [-0.3, -0.25) is 0 Å². The highest BCUT2D eigenvalue weighted by Crippen LogP contribution is 2.50. The van der Waals surface area contributed by atoms with Crippen molar-refractivity contribution in [2.75, 3.05) is 5.32 Å². The van der Waals surface area contributed by atoms with E-state index < -0.39 is 0 Å². The van der Waals surface area contributed by atoms with Crippen LogP contribution in [0.3, 0.4) is 0 Å². The van der Waals surface area contributed by atoms with Crippen LogP contribution in [0, 0.1) is 17.8 Å². The molecule has 2 aliphatic rings. The Labute approximate surface area is 152 Å². The number of hydrogen-bond donors (Lipinski definition) is 1. The maximum Gasteiger partial charge on any atom is 0.139 e. The topological polar surface area (TPSA) is 37.8 Å². The van der Waals surface area contributed by atoms with E-state index in [1.54, 1.807) is 17.7 Å². The molecule has 2 bridgehead atoms. The third-order valence-electron chi connectivity index (χ3n) is 6.25. The molecule has 3 aromatic rings. The minimum atomic E-state index is 0.469. The number of anilines is 1. The van der Waals surface area contributed by atoms with Crippen molar-refractivity contribution in [1.82, 2.24) is 9.97 Å². The average molecular weight is 350 g/mol. The number of nitrogens with zero attached hydrogens (tertiary/aromatic N) is 2. The highest BCUT2D eigenvalue weighted by molar-refractivity contribution is 7.17. The maximum atomic E-state index is 4.62. The number of hydrogen-bond acceptors (Lipinski definition) is 4. The molecule has 0 spiro atoms. The monoisotopic (exact) mass is 349 g/mol. The van der Waals surface area contributed by atoms with Crippen molar-refractivity contribution in [2.45, 2.75) is 38.6 Å². The average Bonchev–Trinajstić information content (AvgIpc) is 3.38. The lowest BCUT2D eigenvalue weighted by molar-refractivity contribution is 0.304. The second kappa shape index (κ2) is 6.10. The SMILES string of the molecule is C[C@H](Nc1ncnc2scc(-c3ccccc3)c12)[C@H]1C[C@H]2CC[C@H]1C2. The number of rotatable bonds is 4. The smallest absolute Gasteiger partial charge is 0.139 e. The van der Waals surface area contributed by atoms with Crippen LogP contribution in [0.1, 0.15) is 32.6 Å². The van der Waals surface area contributed by atoms with E-state index in [1.807, 2.05) is 0 Å². The minimum absolute atomic E-state index is 0.469. The summed E-state index contributed by atoms with van der Waals surface area (Å²) in [4.78, 5) is 10.2. The van der Waals surface area contributed by atoms with Crippen LogP contribution in [0.2, 0.25) is 0 Å². The summed E-state index contributed by atoms with van der Waals surface area (Å²) in [7, 11) is 0. The van der Waals surface area contributed by atoms with Gasteiger partial charge < -0.3 is 5.32 Å². The van der Waals surface area contributed by atoms with Crippen LogP contribution in [-0.4, -0.2) is 16.0 Å². The molecule has 0 aliphatic heterocycles. The van der Waals surface area contributed by atoms with E-state index in [9.17, 15) is 0 Å². The van der Waals surface area contributed by atoms with Gasteiger partial charge in [-0.15, -0.1) is 11.3 Å². The van der Waals surface area contributed by atoms with Crippen molar-refractivity contribution >= 4 is 27.4 Å². The summed E-state index contributed by atoms with van der Waals surface area (Å²) >= 11 is 1.70. The molecule has 3 nitrogen and oxygen atoms in total. The van der Waals surface area contributed by atoms with E-state index in [4.69, 9.17) is 0 Å². The van der Waals surface area contributed by atoms with Crippen molar-refractivity contribution in [3.8, 4) is 11.1 Å². The minimum Gasteiger partial charge on any atom is -0.367 e. The van der Waals surface area contributed by atoms with Crippen LogP contribution >= 0.6 is 11.3 Å². The highest BCUT2D eigenvalue weighted by atomic mass is 32.1. The summed E-state index contributed by atoms with van der Waals surface area (Å²) in [5.41, 5.74) is 2.48. The van der Waals surface area contributed by atoms with Crippen LogP contribution in [0.4, 0.5) is 5.82 Å².